The third kappa shape index (κ3) is 11.9. The highest BCUT2D eigenvalue weighted by atomic mass is 19.1. The van der Waals surface area contributed by atoms with E-state index in [-0.39, 0.29) is 55.8 Å². The maximum absolute atomic E-state index is 14.9. The van der Waals surface area contributed by atoms with Crippen LogP contribution in [0.4, 0.5) is 10.1 Å². The van der Waals surface area contributed by atoms with Crippen molar-refractivity contribution >= 4 is 29.4 Å². The Labute approximate surface area is 325 Å². The Morgan fingerprint density at radius 3 is 2.80 bits per heavy atom. The molecule has 2 aromatic heterocycles. The number of cyclic esters (lactones) is 1. The molecule has 0 spiro atoms. The normalized spacial score (nSPS) is 23.6. The van der Waals surface area contributed by atoms with E-state index in [9.17, 15) is 28.7 Å². The van der Waals surface area contributed by atoms with Crippen molar-refractivity contribution in [3.63, 3.8) is 0 Å². The molecule has 1 saturated heterocycles. The molecule has 0 radical (unpaired) electrons. The Bertz CT molecular complexity index is 1920. The highest BCUT2D eigenvalue weighted by Crippen LogP contribution is 2.27. The Morgan fingerprint density at radius 1 is 1.20 bits per heavy atom. The van der Waals surface area contributed by atoms with Crippen molar-refractivity contribution < 1.29 is 37.8 Å². The first-order chi connectivity index (χ1) is 26.9. The summed E-state index contributed by atoms with van der Waals surface area (Å²) in [6.45, 7) is 6.71. The zero-order chi connectivity index (χ0) is 40.2. The first kappa shape index (κ1) is 41.5. The molecule has 3 amide bonds. The van der Waals surface area contributed by atoms with Crippen LogP contribution in [0, 0.1) is 11.8 Å². The van der Waals surface area contributed by atoms with E-state index < -0.39 is 48.1 Å². The molecule has 2 aliphatic heterocycles. The van der Waals surface area contributed by atoms with Crippen LogP contribution in [0.1, 0.15) is 69.3 Å². The third-order valence-electron chi connectivity index (χ3n) is 9.53. The Morgan fingerprint density at radius 2 is 2.02 bits per heavy atom. The maximum Gasteiger partial charge on any atom is 0.329 e. The molecule has 5 N–H and O–H groups in total. The first-order valence-corrected chi connectivity index (χ1v) is 19.0. The summed E-state index contributed by atoms with van der Waals surface area (Å²) >= 11 is 0. The van der Waals surface area contributed by atoms with Gasteiger partial charge in [-0.1, -0.05) is 61.1 Å². The van der Waals surface area contributed by atoms with Crippen LogP contribution in [-0.4, -0.2) is 97.7 Å². The molecule has 2 bridgehead atoms. The van der Waals surface area contributed by atoms with Crippen molar-refractivity contribution in [3.8, 4) is 11.3 Å². The number of hydrogen-bond acceptors (Lipinski definition) is 11. The minimum atomic E-state index is -1.50. The van der Waals surface area contributed by atoms with Crippen LogP contribution in [0.5, 0.6) is 0 Å². The number of carbonyl (C=O) groups is 4. The number of ether oxygens (including phenoxy) is 1. The molecule has 300 valence electrons. The summed E-state index contributed by atoms with van der Waals surface area (Å²) in [5.74, 6) is -2.90. The monoisotopic (exact) mass is 774 g/mol. The minimum Gasteiger partial charge on any atom is -0.460 e. The summed E-state index contributed by atoms with van der Waals surface area (Å²) in [5, 5.41) is 24.5. The van der Waals surface area contributed by atoms with E-state index in [1.807, 2.05) is 38.2 Å². The number of nitrogens with two attached hydrogens (primary N) is 1. The highest BCUT2D eigenvalue weighted by molar-refractivity contribution is 5.95. The van der Waals surface area contributed by atoms with Gasteiger partial charge in [-0.15, -0.1) is 5.10 Å². The standard InChI is InChI=1S/C40H51FN8O7/c1-25(2)38-28(20-36(52)44-15-7-16-48-23-32(46-47-48)27-9-4-10-30(42)19-27)12-13-35(51)43-14-5-8-26(3)18-31(50)21-29(41)22-37-45-33(24-55-37)39(53)49-17-6-11-34(49)40(54)56-38/h4-5,8-10,12-13,18-19,23-25,28-29,31,34,38,50H,6-7,11,14-17,20-22,42H2,1-3H3,(H,43,51)(H,44,52)/b8-5?,13-12+,26-18?. The van der Waals surface area contributed by atoms with Gasteiger partial charge in [0.25, 0.3) is 5.91 Å². The molecular formula is C40H51FN8O7. The largest absolute Gasteiger partial charge is 0.460 e. The van der Waals surface area contributed by atoms with Crippen molar-refractivity contribution in [2.45, 2.75) is 90.3 Å². The topological polar surface area (TPSA) is 208 Å². The van der Waals surface area contributed by atoms with Crippen LogP contribution >= 0.6 is 0 Å². The number of oxazole rings is 1. The van der Waals surface area contributed by atoms with Crippen LogP contribution < -0.4 is 16.4 Å². The van der Waals surface area contributed by atoms with Gasteiger partial charge in [0.1, 0.15) is 30.3 Å². The van der Waals surface area contributed by atoms with E-state index in [1.165, 1.54) is 17.1 Å². The van der Waals surface area contributed by atoms with E-state index in [4.69, 9.17) is 14.9 Å². The number of aliphatic hydroxyl groups is 1. The fourth-order valence-corrected chi connectivity index (χ4v) is 6.76. The fourth-order valence-electron chi connectivity index (χ4n) is 6.76. The quantitative estimate of drug-likeness (QED) is 0.147. The average molecular weight is 775 g/mol. The lowest BCUT2D eigenvalue weighted by atomic mass is 9.89. The third-order valence-corrected chi connectivity index (χ3v) is 9.53. The molecule has 5 atom stereocenters. The molecular weight excluding hydrogens is 723 g/mol. The van der Waals surface area contributed by atoms with E-state index in [1.54, 1.807) is 35.9 Å². The fraction of sp³-hybridized carbons (Fsp3) is 0.475. The van der Waals surface area contributed by atoms with Gasteiger partial charge < -0.3 is 35.5 Å². The second-order valence-corrected chi connectivity index (χ2v) is 14.5. The molecule has 15 nitrogen and oxygen atoms in total. The van der Waals surface area contributed by atoms with Gasteiger partial charge in [0, 0.05) is 56.2 Å². The molecule has 16 heteroatoms. The molecule has 1 aromatic carbocycles. The van der Waals surface area contributed by atoms with Gasteiger partial charge in [0.2, 0.25) is 11.8 Å². The van der Waals surface area contributed by atoms with Crippen LogP contribution in [0.25, 0.3) is 11.3 Å². The predicted octanol–water partition coefficient (Wildman–Crippen LogP) is 3.72. The van der Waals surface area contributed by atoms with E-state index in [0.29, 0.717) is 49.3 Å². The van der Waals surface area contributed by atoms with Crippen molar-refractivity contribution in [2.24, 2.45) is 11.8 Å². The Balaban J connectivity index is 1.29. The molecule has 1 fully saturated rings. The first-order valence-electron chi connectivity index (χ1n) is 19.0. The molecule has 4 heterocycles. The van der Waals surface area contributed by atoms with Gasteiger partial charge in [-0.05, 0) is 50.3 Å². The second-order valence-electron chi connectivity index (χ2n) is 14.5. The Kier molecular flexibility index (Phi) is 14.7. The zero-order valence-electron chi connectivity index (χ0n) is 32.0. The lowest BCUT2D eigenvalue weighted by Crippen LogP contribution is -2.44. The summed E-state index contributed by atoms with van der Waals surface area (Å²) in [6, 6.07) is 6.43. The lowest BCUT2D eigenvalue weighted by Gasteiger charge is -2.31. The molecule has 5 unspecified atom stereocenters. The van der Waals surface area contributed by atoms with Gasteiger partial charge in [0.15, 0.2) is 11.6 Å². The number of nitrogen functional groups attached to an aromatic ring is 1. The number of aromatic nitrogens is 4. The molecule has 5 rings (SSSR count). The van der Waals surface area contributed by atoms with Gasteiger partial charge >= 0.3 is 5.97 Å². The number of halogens is 1. The second kappa shape index (κ2) is 19.8. The number of amides is 3. The van der Waals surface area contributed by atoms with E-state index >= 15 is 0 Å². The van der Waals surface area contributed by atoms with Crippen LogP contribution in [0.3, 0.4) is 0 Å². The number of rotatable bonds is 8. The number of carbonyl (C=O) groups excluding carboxylic acids is 4. The van der Waals surface area contributed by atoms with Crippen molar-refractivity contribution in [2.75, 3.05) is 25.4 Å². The maximum atomic E-state index is 14.9. The molecule has 0 aliphatic carbocycles. The number of esters is 1. The van der Waals surface area contributed by atoms with Gasteiger partial charge in [-0.25, -0.2) is 14.2 Å². The van der Waals surface area contributed by atoms with Crippen molar-refractivity contribution in [3.05, 3.63) is 84.3 Å². The number of nitrogens with zero attached hydrogens (tertiary/aromatic N) is 5. The average Bonchev–Trinajstić information content (AvgIpc) is 3.94. The number of hydrogen-bond donors (Lipinski definition) is 4. The Hall–Kier alpha value is -5.64. The van der Waals surface area contributed by atoms with Crippen LogP contribution in [-0.2, 0) is 32.1 Å². The van der Waals surface area contributed by atoms with Gasteiger partial charge in [-0.2, -0.15) is 0 Å². The molecule has 0 saturated carbocycles. The number of fused-ring (bicyclic) bond motifs is 3. The van der Waals surface area contributed by atoms with Gasteiger partial charge in [0.05, 0.1) is 18.7 Å². The highest BCUT2D eigenvalue weighted by Gasteiger charge is 2.39. The number of aryl methyl sites for hydroxylation is 1. The number of allylic oxidation sites excluding steroid dienone is 2. The number of anilines is 1. The number of benzene rings is 1. The number of aliphatic hydroxyl groups excluding tert-OH is 1. The smallest absolute Gasteiger partial charge is 0.329 e. The molecule has 56 heavy (non-hydrogen) atoms. The predicted molar refractivity (Wildman–Crippen MR) is 205 cm³/mol. The van der Waals surface area contributed by atoms with E-state index in [0.717, 1.165) is 11.8 Å². The van der Waals surface area contributed by atoms with Crippen molar-refractivity contribution in [1.82, 2.24) is 35.5 Å². The number of nitrogens with one attached hydrogen (secondary N) is 2. The zero-order valence-corrected chi connectivity index (χ0v) is 32.0. The van der Waals surface area contributed by atoms with E-state index in [2.05, 4.69) is 25.9 Å². The van der Waals surface area contributed by atoms with Crippen molar-refractivity contribution in [1.29, 1.82) is 0 Å². The molecule has 2 aliphatic rings. The summed E-state index contributed by atoms with van der Waals surface area (Å²) < 4.78 is 28.0. The number of alkyl halides is 1. The summed E-state index contributed by atoms with van der Waals surface area (Å²) in [6.07, 6.45) is 8.20. The minimum absolute atomic E-state index is 0.00421. The summed E-state index contributed by atoms with van der Waals surface area (Å²) in [7, 11) is 0. The summed E-state index contributed by atoms with van der Waals surface area (Å²) in [4.78, 5) is 59.1. The molecule has 3 aromatic rings. The van der Waals surface area contributed by atoms with Crippen LogP contribution in [0.15, 0.2) is 77.1 Å². The van der Waals surface area contributed by atoms with Crippen LogP contribution in [0.2, 0.25) is 0 Å². The van der Waals surface area contributed by atoms with Gasteiger partial charge in [-0.3, -0.25) is 19.1 Å². The SMILES string of the molecule is CC1=CC(O)CC(F)Cc2nc(co2)C(=O)N2CCCC2C(=O)OC(C(C)C)C(CC(=O)NCCCn2cc(-c3cccc(N)c3)nn2)/C=C/C(=O)NCC=C1. The lowest BCUT2D eigenvalue weighted by molar-refractivity contribution is -0.159. The summed E-state index contributed by atoms with van der Waals surface area (Å²) in [5.41, 5.74) is 8.64.